The summed E-state index contributed by atoms with van der Waals surface area (Å²) in [5, 5.41) is 10.6. The number of ether oxygens (including phenoxy) is 4. The normalized spacial score (nSPS) is 14.2. The highest BCUT2D eigenvalue weighted by molar-refractivity contribution is 7.47. The van der Waals surface area contributed by atoms with E-state index in [-0.39, 0.29) is 25.7 Å². The third-order valence-electron chi connectivity index (χ3n) is 19.6. The van der Waals surface area contributed by atoms with Crippen molar-refractivity contribution in [1.29, 1.82) is 0 Å². The van der Waals surface area contributed by atoms with E-state index in [1.807, 2.05) is 0 Å². The molecule has 17 nitrogen and oxygen atoms in total. The number of aliphatic hydroxyl groups excluding tert-OH is 1. The van der Waals surface area contributed by atoms with E-state index in [0.717, 1.165) is 108 Å². The minimum Gasteiger partial charge on any atom is -0.462 e. The maximum Gasteiger partial charge on any atom is 0.472 e. The molecule has 0 aromatic carbocycles. The number of esters is 4. The lowest BCUT2D eigenvalue weighted by Crippen LogP contribution is -2.30. The maximum atomic E-state index is 13.1. The van der Waals surface area contributed by atoms with Crippen molar-refractivity contribution in [2.45, 2.75) is 452 Å². The Morgan fingerprint density at radius 2 is 0.505 bits per heavy atom. The predicted octanol–water partition coefficient (Wildman–Crippen LogP) is 24.7. The number of carbonyl (C=O) groups is 4. The largest absolute Gasteiger partial charge is 0.472 e. The van der Waals surface area contributed by atoms with Gasteiger partial charge in [-0.3, -0.25) is 37.3 Å². The number of phosphoric ester groups is 2. The molecule has 0 radical (unpaired) electrons. The van der Waals surface area contributed by atoms with E-state index in [1.54, 1.807) is 0 Å². The van der Waals surface area contributed by atoms with Crippen LogP contribution in [-0.4, -0.2) is 96.7 Å². The van der Waals surface area contributed by atoms with Gasteiger partial charge in [-0.1, -0.05) is 382 Å². The van der Waals surface area contributed by atoms with Gasteiger partial charge < -0.3 is 33.8 Å². The molecule has 0 saturated heterocycles. The fourth-order valence-electron chi connectivity index (χ4n) is 12.7. The van der Waals surface area contributed by atoms with Gasteiger partial charge in [-0.15, -0.1) is 0 Å². The predicted molar refractivity (Wildman–Crippen MR) is 414 cm³/mol. The number of unbranched alkanes of at least 4 members (excludes halogenated alkanes) is 50. The number of aliphatic hydroxyl groups is 1. The third-order valence-corrected chi connectivity index (χ3v) is 21.5. The Balaban J connectivity index is 5.23. The zero-order valence-electron chi connectivity index (χ0n) is 66.2. The second-order valence-corrected chi connectivity index (χ2v) is 33.1. The summed E-state index contributed by atoms with van der Waals surface area (Å²) in [5.41, 5.74) is 0. The SMILES string of the molecule is CCCCCCCCCCCCCCCCCCCCCCCC(=O)O[C@H](COC(=O)CCCCCCCCCCCCCCCCCC)COP(=O)(O)OC[C@@H](O)COP(=O)(O)OC[C@@H](COC(=O)CCCCCCCCC(C)CC)OC(=O)CCCCCCCCCCCCCC(C)C. The zero-order chi connectivity index (χ0) is 74.2. The van der Waals surface area contributed by atoms with E-state index < -0.39 is 97.5 Å². The molecule has 0 aromatic rings. The van der Waals surface area contributed by atoms with Gasteiger partial charge in [0.25, 0.3) is 0 Å². The van der Waals surface area contributed by atoms with E-state index in [4.69, 9.17) is 37.0 Å². The molecule has 600 valence electrons. The molecular weight excluding hydrogens is 1320 g/mol. The Morgan fingerprint density at radius 3 is 0.752 bits per heavy atom. The first-order chi connectivity index (χ1) is 48.9. The van der Waals surface area contributed by atoms with Gasteiger partial charge in [0.15, 0.2) is 12.2 Å². The Hall–Kier alpha value is -1.94. The lowest BCUT2D eigenvalue weighted by Gasteiger charge is -2.21. The fraction of sp³-hybridized carbons (Fsp3) is 0.951. The van der Waals surface area contributed by atoms with Gasteiger partial charge in [0, 0.05) is 25.7 Å². The third kappa shape index (κ3) is 74.7. The highest BCUT2D eigenvalue weighted by Crippen LogP contribution is 2.45. The first kappa shape index (κ1) is 99.1. The van der Waals surface area contributed by atoms with Gasteiger partial charge in [0.1, 0.15) is 19.3 Å². The molecule has 0 heterocycles. The summed E-state index contributed by atoms with van der Waals surface area (Å²) in [7, 11) is -9.92. The molecule has 0 aliphatic heterocycles. The molecule has 0 aromatic heterocycles. The smallest absolute Gasteiger partial charge is 0.462 e. The van der Waals surface area contributed by atoms with Crippen molar-refractivity contribution in [3.05, 3.63) is 0 Å². The van der Waals surface area contributed by atoms with Gasteiger partial charge in [-0.25, -0.2) is 9.13 Å². The Morgan fingerprint density at radius 1 is 0.287 bits per heavy atom. The molecular formula is C82H160O17P2. The number of hydrogen-bond donors (Lipinski definition) is 3. The van der Waals surface area contributed by atoms with Gasteiger partial charge in [0.2, 0.25) is 0 Å². The van der Waals surface area contributed by atoms with E-state index in [1.165, 1.54) is 244 Å². The van der Waals surface area contributed by atoms with E-state index in [0.29, 0.717) is 25.7 Å². The topological polar surface area (TPSA) is 237 Å². The number of phosphoric acid groups is 2. The molecule has 19 heteroatoms. The summed E-state index contributed by atoms with van der Waals surface area (Å²) in [6.45, 7) is 9.60. The van der Waals surface area contributed by atoms with Crippen molar-refractivity contribution < 1.29 is 80.2 Å². The van der Waals surface area contributed by atoms with Gasteiger partial charge >= 0.3 is 39.5 Å². The monoisotopic (exact) mass is 1480 g/mol. The minimum absolute atomic E-state index is 0.106. The summed E-state index contributed by atoms with van der Waals surface area (Å²) < 4.78 is 68.7. The number of carbonyl (C=O) groups excluding carboxylic acids is 4. The lowest BCUT2D eigenvalue weighted by molar-refractivity contribution is -0.161. The molecule has 0 fully saturated rings. The molecule has 0 aliphatic rings. The first-order valence-corrected chi connectivity index (χ1v) is 45.5. The summed E-state index contributed by atoms with van der Waals surface area (Å²) in [4.78, 5) is 73.0. The van der Waals surface area contributed by atoms with Crippen LogP contribution < -0.4 is 0 Å². The maximum absolute atomic E-state index is 13.1. The second kappa shape index (κ2) is 73.6. The molecule has 3 unspecified atom stereocenters. The molecule has 0 aliphatic carbocycles. The quantitative estimate of drug-likeness (QED) is 0.0222. The van der Waals surface area contributed by atoms with Crippen molar-refractivity contribution in [1.82, 2.24) is 0 Å². The molecule has 0 amide bonds. The highest BCUT2D eigenvalue weighted by atomic mass is 31.2. The molecule has 0 saturated carbocycles. The molecule has 3 N–H and O–H groups in total. The van der Waals surface area contributed by atoms with Crippen molar-refractivity contribution in [3.63, 3.8) is 0 Å². The Bertz CT molecular complexity index is 1940. The van der Waals surface area contributed by atoms with Crippen molar-refractivity contribution >= 4 is 39.5 Å². The van der Waals surface area contributed by atoms with Gasteiger partial charge in [-0.2, -0.15) is 0 Å². The van der Waals surface area contributed by atoms with Crippen LogP contribution in [0.3, 0.4) is 0 Å². The Kier molecular flexibility index (Phi) is 72.2. The van der Waals surface area contributed by atoms with Crippen LogP contribution >= 0.6 is 15.6 Å². The fourth-order valence-corrected chi connectivity index (χ4v) is 14.3. The summed E-state index contributed by atoms with van der Waals surface area (Å²) in [5.74, 6) is -0.613. The van der Waals surface area contributed by atoms with Crippen LogP contribution in [0.1, 0.15) is 433 Å². The summed E-state index contributed by atoms with van der Waals surface area (Å²) in [6, 6.07) is 0. The average Bonchev–Trinajstić information content (AvgIpc) is 0.929. The summed E-state index contributed by atoms with van der Waals surface area (Å²) >= 11 is 0. The first-order valence-electron chi connectivity index (χ1n) is 42.5. The summed E-state index contributed by atoms with van der Waals surface area (Å²) in [6.07, 6.45) is 63.9. The highest BCUT2D eigenvalue weighted by Gasteiger charge is 2.30. The lowest BCUT2D eigenvalue weighted by atomic mass is 10.00. The molecule has 101 heavy (non-hydrogen) atoms. The van der Waals surface area contributed by atoms with Crippen LogP contribution in [-0.2, 0) is 65.4 Å². The van der Waals surface area contributed by atoms with Crippen LogP contribution in [0.5, 0.6) is 0 Å². The number of hydrogen-bond acceptors (Lipinski definition) is 15. The van der Waals surface area contributed by atoms with Gasteiger partial charge in [0.05, 0.1) is 26.4 Å². The average molecular weight is 1480 g/mol. The van der Waals surface area contributed by atoms with Crippen molar-refractivity contribution in [2.24, 2.45) is 11.8 Å². The molecule has 0 spiro atoms. The second-order valence-electron chi connectivity index (χ2n) is 30.2. The van der Waals surface area contributed by atoms with E-state index >= 15 is 0 Å². The zero-order valence-corrected chi connectivity index (χ0v) is 68.0. The molecule has 0 bridgehead atoms. The molecule has 0 rings (SSSR count). The van der Waals surface area contributed by atoms with Crippen LogP contribution in [0.25, 0.3) is 0 Å². The molecule has 6 atom stereocenters. The van der Waals surface area contributed by atoms with E-state index in [9.17, 15) is 43.2 Å². The minimum atomic E-state index is -4.96. The number of rotatable bonds is 81. The van der Waals surface area contributed by atoms with Crippen LogP contribution in [0.15, 0.2) is 0 Å². The van der Waals surface area contributed by atoms with Crippen LogP contribution in [0.2, 0.25) is 0 Å². The van der Waals surface area contributed by atoms with E-state index in [2.05, 4.69) is 41.5 Å². The van der Waals surface area contributed by atoms with Crippen molar-refractivity contribution in [2.75, 3.05) is 39.6 Å². The standard InChI is InChI=1S/C82H160O17P2/c1-7-10-12-14-16-18-20-22-24-26-27-28-29-30-32-34-38-42-46-54-60-66-81(86)98-77(70-92-79(84)64-58-52-45-41-37-33-31-25-23-21-19-17-15-13-11-8-2)72-96-100(88,89)94-68-76(83)69-95-101(90,91)97-73-78(71-93-80(85)65-59-53-49-48-51-57-63-75(6)9-3)99-82(87)67-61-55-47-43-39-35-36-40-44-50-56-62-74(4)5/h74-78,83H,7-73H2,1-6H3,(H,88,89)(H,90,91)/t75?,76-,77-,78-/m1/s1. The van der Waals surface area contributed by atoms with Crippen LogP contribution in [0.4, 0.5) is 0 Å². The Labute approximate surface area is 619 Å². The van der Waals surface area contributed by atoms with Gasteiger partial charge in [-0.05, 0) is 37.5 Å². The van der Waals surface area contributed by atoms with Crippen LogP contribution in [0, 0.1) is 11.8 Å². The van der Waals surface area contributed by atoms with Crippen molar-refractivity contribution in [3.8, 4) is 0 Å².